The van der Waals surface area contributed by atoms with Gasteiger partial charge in [0, 0.05) is 15.1 Å². The minimum atomic E-state index is 0.636. The third-order valence-electron chi connectivity index (χ3n) is 2.66. The molecule has 1 heterocycles. The summed E-state index contributed by atoms with van der Waals surface area (Å²) >= 11 is 14.0. The second-order valence-electron chi connectivity index (χ2n) is 4.28. The fourth-order valence-corrected chi connectivity index (χ4v) is 3.75. The molecule has 0 spiro atoms. The van der Waals surface area contributed by atoms with E-state index in [-0.39, 0.29) is 0 Å². The summed E-state index contributed by atoms with van der Waals surface area (Å²) < 4.78 is 2.65. The highest BCUT2D eigenvalue weighted by molar-refractivity contribution is 9.10. The highest BCUT2D eigenvalue weighted by atomic mass is 79.9. The lowest BCUT2D eigenvalue weighted by Crippen LogP contribution is -2.00. The Balaban J connectivity index is 2.15. The molecule has 2 nitrogen and oxygen atoms in total. The Morgan fingerprint density at radius 3 is 2.85 bits per heavy atom. The fourth-order valence-electron chi connectivity index (χ4n) is 1.76. The first-order valence-corrected chi connectivity index (χ1v) is 9.24. The van der Waals surface area contributed by atoms with Crippen LogP contribution in [0.25, 0.3) is 0 Å². The summed E-state index contributed by atoms with van der Waals surface area (Å²) in [5.41, 5.74) is 1.14. The molecule has 0 aliphatic carbocycles. The fraction of sp³-hybridized carbons (Fsp3) is 0.286. The number of nitrogens with zero attached hydrogens (tertiary/aromatic N) is 1. The van der Waals surface area contributed by atoms with E-state index in [1.54, 1.807) is 11.8 Å². The van der Waals surface area contributed by atoms with Crippen LogP contribution in [0.4, 0.5) is 0 Å². The molecule has 0 saturated heterocycles. The van der Waals surface area contributed by atoms with E-state index in [1.807, 2.05) is 12.1 Å². The first-order valence-electron chi connectivity index (χ1n) is 6.26. The maximum absolute atomic E-state index is 5.30. The van der Waals surface area contributed by atoms with E-state index >= 15 is 0 Å². The molecule has 1 aromatic carbocycles. The van der Waals surface area contributed by atoms with Crippen LogP contribution in [0.2, 0.25) is 0 Å². The van der Waals surface area contributed by atoms with Crippen molar-refractivity contribution < 1.29 is 0 Å². The van der Waals surface area contributed by atoms with E-state index in [0.717, 1.165) is 39.1 Å². The second-order valence-corrected chi connectivity index (χ2v) is 7.42. The Morgan fingerprint density at radius 1 is 1.35 bits per heavy atom. The summed E-state index contributed by atoms with van der Waals surface area (Å²) in [7, 11) is 0. The SMILES string of the molecule is CCCc1[nH]c(CSc2cccc(Br)c2)nc(=S)c1Br. The number of benzene rings is 1. The number of thioether (sulfide) groups is 1. The molecule has 0 fully saturated rings. The van der Waals surface area contributed by atoms with Gasteiger partial charge in [-0.1, -0.05) is 47.6 Å². The van der Waals surface area contributed by atoms with Crippen LogP contribution in [0.15, 0.2) is 38.1 Å². The Labute approximate surface area is 145 Å². The van der Waals surface area contributed by atoms with Crippen molar-refractivity contribution in [1.82, 2.24) is 9.97 Å². The molecule has 0 aliphatic heterocycles. The monoisotopic (exact) mass is 432 g/mol. The third-order valence-corrected chi connectivity index (χ3v) is 5.57. The Morgan fingerprint density at radius 2 is 2.15 bits per heavy atom. The number of hydrogen-bond acceptors (Lipinski definition) is 3. The van der Waals surface area contributed by atoms with Gasteiger partial charge in [-0.05, 0) is 40.5 Å². The minimum absolute atomic E-state index is 0.636. The van der Waals surface area contributed by atoms with Gasteiger partial charge in [0.2, 0.25) is 0 Å². The number of rotatable bonds is 5. The van der Waals surface area contributed by atoms with Crippen molar-refractivity contribution in [3.05, 3.63) is 49.4 Å². The molecule has 0 bridgehead atoms. The summed E-state index contributed by atoms with van der Waals surface area (Å²) in [5.74, 6) is 1.70. The van der Waals surface area contributed by atoms with E-state index < -0.39 is 0 Å². The van der Waals surface area contributed by atoms with E-state index in [0.29, 0.717) is 4.64 Å². The quantitative estimate of drug-likeness (QED) is 0.469. The van der Waals surface area contributed by atoms with Gasteiger partial charge in [-0.3, -0.25) is 0 Å². The zero-order chi connectivity index (χ0) is 14.5. The molecule has 0 atom stereocenters. The van der Waals surface area contributed by atoms with Crippen LogP contribution in [-0.4, -0.2) is 9.97 Å². The van der Waals surface area contributed by atoms with Gasteiger partial charge in [0.05, 0.1) is 10.2 Å². The standard InChI is InChI=1S/C14H14Br2N2S2/c1-2-4-11-13(16)14(19)18-12(17-11)8-20-10-6-3-5-9(15)7-10/h3,5-7H,2,4,8H2,1H3,(H,17,18,19). The molecule has 1 N–H and O–H groups in total. The first kappa shape index (κ1) is 16.2. The van der Waals surface area contributed by atoms with Crippen LogP contribution < -0.4 is 0 Å². The van der Waals surface area contributed by atoms with Crippen LogP contribution >= 0.6 is 55.8 Å². The van der Waals surface area contributed by atoms with Crippen LogP contribution in [0.5, 0.6) is 0 Å². The molecule has 0 amide bonds. The van der Waals surface area contributed by atoms with E-state index in [4.69, 9.17) is 12.2 Å². The Hall–Kier alpha value is -0.170. The lowest BCUT2D eigenvalue weighted by molar-refractivity contribution is 0.842. The van der Waals surface area contributed by atoms with E-state index in [1.165, 1.54) is 4.90 Å². The lowest BCUT2D eigenvalue weighted by atomic mass is 10.2. The number of halogens is 2. The summed E-state index contributed by atoms with van der Waals surface area (Å²) in [5, 5.41) is 0. The second kappa shape index (κ2) is 7.73. The molecule has 106 valence electrons. The molecule has 1 aromatic heterocycles. The molecule has 20 heavy (non-hydrogen) atoms. The number of nitrogens with one attached hydrogen (secondary N) is 1. The van der Waals surface area contributed by atoms with Gasteiger partial charge in [-0.2, -0.15) is 0 Å². The van der Waals surface area contributed by atoms with E-state index in [9.17, 15) is 0 Å². The molecule has 0 aliphatic rings. The maximum Gasteiger partial charge on any atom is 0.144 e. The first-order chi connectivity index (χ1) is 9.60. The number of hydrogen-bond donors (Lipinski definition) is 1. The van der Waals surface area contributed by atoms with Crippen molar-refractivity contribution in [3.63, 3.8) is 0 Å². The van der Waals surface area contributed by atoms with Gasteiger partial charge in [-0.15, -0.1) is 11.8 Å². The molecule has 0 unspecified atom stereocenters. The van der Waals surface area contributed by atoms with Gasteiger partial charge >= 0.3 is 0 Å². The zero-order valence-corrected chi connectivity index (χ0v) is 15.8. The van der Waals surface area contributed by atoms with Crippen molar-refractivity contribution in [1.29, 1.82) is 0 Å². The van der Waals surface area contributed by atoms with Gasteiger partial charge in [0.15, 0.2) is 0 Å². The largest absolute Gasteiger partial charge is 0.345 e. The molecule has 0 saturated carbocycles. The maximum atomic E-state index is 5.30. The average Bonchev–Trinajstić information content (AvgIpc) is 2.42. The van der Waals surface area contributed by atoms with Crippen molar-refractivity contribution in [2.45, 2.75) is 30.4 Å². The van der Waals surface area contributed by atoms with Gasteiger partial charge in [0.1, 0.15) is 10.5 Å². The molecule has 0 radical (unpaired) electrons. The summed E-state index contributed by atoms with van der Waals surface area (Å²) in [6, 6.07) is 8.25. The van der Waals surface area contributed by atoms with Gasteiger partial charge < -0.3 is 4.98 Å². The number of aromatic nitrogens is 2. The zero-order valence-electron chi connectivity index (χ0n) is 11.0. The van der Waals surface area contributed by atoms with E-state index in [2.05, 4.69) is 60.9 Å². The van der Waals surface area contributed by atoms with Gasteiger partial charge in [0.25, 0.3) is 0 Å². The topological polar surface area (TPSA) is 28.7 Å². The smallest absolute Gasteiger partial charge is 0.144 e. The number of aromatic amines is 1. The molecular formula is C14H14Br2N2S2. The Kier molecular flexibility index (Phi) is 6.26. The molecule has 2 aromatic rings. The minimum Gasteiger partial charge on any atom is -0.345 e. The van der Waals surface area contributed by atoms with Crippen molar-refractivity contribution >= 4 is 55.8 Å². The van der Waals surface area contributed by atoms with Crippen LogP contribution in [0.3, 0.4) is 0 Å². The normalized spacial score (nSPS) is 10.8. The van der Waals surface area contributed by atoms with Crippen LogP contribution in [0, 0.1) is 4.64 Å². The van der Waals surface area contributed by atoms with Gasteiger partial charge in [-0.25, -0.2) is 4.98 Å². The highest BCUT2D eigenvalue weighted by Gasteiger charge is 2.06. The van der Waals surface area contributed by atoms with Crippen molar-refractivity contribution in [2.24, 2.45) is 0 Å². The third kappa shape index (κ3) is 4.41. The predicted octanol–water partition coefficient (Wildman–Crippen LogP) is 5.91. The van der Waals surface area contributed by atoms with Crippen molar-refractivity contribution in [3.8, 4) is 0 Å². The summed E-state index contributed by atoms with van der Waals surface area (Å²) in [6.45, 7) is 2.15. The Bertz CT molecular complexity index is 656. The lowest BCUT2D eigenvalue weighted by Gasteiger charge is -2.08. The summed E-state index contributed by atoms with van der Waals surface area (Å²) in [6.07, 6.45) is 2.05. The molecule has 2 rings (SSSR count). The van der Waals surface area contributed by atoms with Crippen molar-refractivity contribution in [2.75, 3.05) is 0 Å². The van der Waals surface area contributed by atoms with Crippen LogP contribution in [0.1, 0.15) is 24.9 Å². The average molecular weight is 434 g/mol. The predicted molar refractivity (Wildman–Crippen MR) is 94.8 cm³/mol. The molecular weight excluding hydrogens is 420 g/mol. The van der Waals surface area contributed by atoms with Crippen LogP contribution in [-0.2, 0) is 12.2 Å². The number of H-pyrrole nitrogens is 1. The summed E-state index contributed by atoms with van der Waals surface area (Å²) in [4.78, 5) is 9.02. The number of aryl methyl sites for hydroxylation is 1. The highest BCUT2D eigenvalue weighted by Crippen LogP contribution is 2.25. The molecule has 6 heteroatoms.